The number of carbonyl (C=O) groups is 1. The van der Waals surface area contributed by atoms with Gasteiger partial charge in [-0.05, 0) is 46.3 Å². The standard InChI is InChI=1S/C14H11BrN4O4S/c15-11-5-4-9(7-10(11)14(20)21)24(22,23)16-8-13-18-17-12-3-1-2-6-19(12)13/h1-7,16H,8H2,(H,20,21). The van der Waals surface area contributed by atoms with E-state index in [0.717, 1.165) is 6.07 Å². The molecule has 124 valence electrons. The van der Waals surface area contributed by atoms with Gasteiger partial charge in [0.05, 0.1) is 17.0 Å². The van der Waals surface area contributed by atoms with Crippen LogP contribution < -0.4 is 4.72 Å². The maximum atomic E-state index is 12.4. The van der Waals surface area contributed by atoms with E-state index in [1.54, 1.807) is 28.8 Å². The number of carboxylic acids is 1. The monoisotopic (exact) mass is 410 g/mol. The molecule has 0 aliphatic rings. The zero-order valence-electron chi connectivity index (χ0n) is 12.0. The van der Waals surface area contributed by atoms with E-state index in [9.17, 15) is 13.2 Å². The maximum Gasteiger partial charge on any atom is 0.336 e. The Morgan fingerprint density at radius 3 is 2.79 bits per heavy atom. The molecule has 0 amide bonds. The number of benzene rings is 1. The van der Waals surface area contributed by atoms with Crippen LogP contribution in [0.4, 0.5) is 0 Å². The molecule has 0 aliphatic heterocycles. The van der Waals surface area contributed by atoms with Gasteiger partial charge in [-0.15, -0.1) is 10.2 Å². The third kappa shape index (κ3) is 3.16. The lowest BCUT2D eigenvalue weighted by Gasteiger charge is -2.08. The van der Waals surface area contributed by atoms with Crippen LogP contribution in [0.3, 0.4) is 0 Å². The van der Waals surface area contributed by atoms with Crippen molar-refractivity contribution >= 4 is 37.6 Å². The van der Waals surface area contributed by atoms with Crippen molar-refractivity contribution in [2.24, 2.45) is 0 Å². The van der Waals surface area contributed by atoms with Crippen molar-refractivity contribution in [3.8, 4) is 0 Å². The van der Waals surface area contributed by atoms with Gasteiger partial charge in [0.2, 0.25) is 10.0 Å². The van der Waals surface area contributed by atoms with Gasteiger partial charge >= 0.3 is 5.97 Å². The molecule has 3 rings (SSSR count). The van der Waals surface area contributed by atoms with Crippen LogP contribution in [0.25, 0.3) is 5.65 Å². The van der Waals surface area contributed by atoms with Gasteiger partial charge in [0.15, 0.2) is 11.5 Å². The van der Waals surface area contributed by atoms with Gasteiger partial charge in [0.25, 0.3) is 0 Å². The molecule has 0 saturated heterocycles. The highest BCUT2D eigenvalue weighted by Crippen LogP contribution is 2.21. The Bertz CT molecular complexity index is 1030. The number of carboxylic acid groups (broad SMARTS) is 1. The Balaban J connectivity index is 1.86. The molecule has 0 fully saturated rings. The summed E-state index contributed by atoms with van der Waals surface area (Å²) in [5, 5.41) is 17.0. The minimum absolute atomic E-state index is 0.0774. The van der Waals surface area contributed by atoms with Gasteiger partial charge in [0, 0.05) is 10.7 Å². The van der Waals surface area contributed by atoms with Crippen LogP contribution in [-0.4, -0.2) is 34.1 Å². The van der Waals surface area contributed by atoms with Gasteiger partial charge in [-0.25, -0.2) is 17.9 Å². The Morgan fingerprint density at radius 2 is 2.04 bits per heavy atom. The van der Waals surface area contributed by atoms with Crippen molar-refractivity contribution in [1.82, 2.24) is 19.3 Å². The summed E-state index contributed by atoms with van der Waals surface area (Å²) >= 11 is 3.08. The maximum absolute atomic E-state index is 12.4. The van der Waals surface area contributed by atoms with E-state index in [4.69, 9.17) is 5.11 Å². The second kappa shape index (κ2) is 6.30. The average Bonchev–Trinajstić information content (AvgIpc) is 2.96. The minimum atomic E-state index is -3.89. The number of nitrogens with zero attached hydrogens (tertiary/aromatic N) is 3. The molecule has 0 atom stereocenters. The number of pyridine rings is 1. The van der Waals surface area contributed by atoms with Crippen LogP contribution >= 0.6 is 15.9 Å². The number of aromatic carboxylic acids is 1. The number of sulfonamides is 1. The first kappa shape index (κ1) is 16.6. The average molecular weight is 411 g/mol. The first-order chi connectivity index (χ1) is 11.4. The fourth-order valence-corrected chi connectivity index (χ4v) is 3.51. The van der Waals surface area contributed by atoms with Crippen LogP contribution in [0.1, 0.15) is 16.2 Å². The van der Waals surface area contributed by atoms with E-state index < -0.39 is 16.0 Å². The third-order valence-corrected chi connectivity index (χ3v) is 5.37. The first-order valence-corrected chi connectivity index (χ1v) is 8.97. The van der Waals surface area contributed by atoms with Crippen LogP contribution in [0.2, 0.25) is 0 Å². The number of hydrogen-bond acceptors (Lipinski definition) is 5. The van der Waals surface area contributed by atoms with Gasteiger partial charge in [0.1, 0.15) is 0 Å². The van der Waals surface area contributed by atoms with E-state index in [-0.39, 0.29) is 17.0 Å². The predicted octanol–water partition coefficient (Wildman–Crippen LogP) is 1.67. The quantitative estimate of drug-likeness (QED) is 0.660. The lowest BCUT2D eigenvalue weighted by Crippen LogP contribution is -2.24. The highest BCUT2D eigenvalue weighted by atomic mass is 79.9. The number of fused-ring (bicyclic) bond motifs is 1. The van der Waals surface area contributed by atoms with Gasteiger partial charge < -0.3 is 5.11 Å². The van der Waals surface area contributed by atoms with E-state index in [0.29, 0.717) is 15.9 Å². The molecule has 0 radical (unpaired) electrons. The van der Waals surface area contributed by atoms with Crippen LogP contribution in [-0.2, 0) is 16.6 Å². The molecular weight excluding hydrogens is 400 g/mol. The Labute approximate surface area is 145 Å². The molecule has 2 aromatic heterocycles. The second-order valence-electron chi connectivity index (χ2n) is 4.82. The molecule has 8 nitrogen and oxygen atoms in total. The molecule has 2 heterocycles. The van der Waals surface area contributed by atoms with Crippen molar-refractivity contribution in [3.63, 3.8) is 0 Å². The normalized spacial score (nSPS) is 11.7. The van der Waals surface area contributed by atoms with Crippen LogP contribution in [0.5, 0.6) is 0 Å². The number of nitrogens with one attached hydrogen (secondary N) is 1. The molecular formula is C14H11BrN4O4S. The Kier molecular flexibility index (Phi) is 4.35. The van der Waals surface area contributed by atoms with Crippen molar-refractivity contribution in [3.05, 3.63) is 58.5 Å². The zero-order chi connectivity index (χ0) is 17.3. The summed E-state index contributed by atoms with van der Waals surface area (Å²) in [7, 11) is -3.89. The number of hydrogen-bond donors (Lipinski definition) is 2. The highest BCUT2D eigenvalue weighted by Gasteiger charge is 2.19. The molecule has 2 N–H and O–H groups in total. The summed E-state index contributed by atoms with van der Waals surface area (Å²) in [6.07, 6.45) is 1.72. The highest BCUT2D eigenvalue weighted by molar-refractivity contribution is 9.10. The summed E-state index contributed by atoms with van der Waals surface area (Å²) in [6, 6.07) is 9.12. The minimum Gasteiger partial charge on any atom is -0.478 e. The fraction of sp³-hybridized carbons (Fsp3) is 0.0714. The molecule has 0 aliphatic carbocycles. The van der Waals surface area contributed by atoms with E-state index in [1.165, 1.54) is 12.1 Å². The molecule has 0 saturated carbocycles. The first-order valence-electron chi connectivity index (χ1n) is 6.69. The Hall–Kier alpha value is -2.30. The lowest BCUT2D eigenvalue weighted by molar-refractivity contribution is 0.0695. The summed E-state index contributed by atoms with van der Waals surface area (Å²) in [5.74, 6) is -0.799. The molecule has 10 heteroatoms. The molecule has 1 aromatic carbocycles. The number of aromatic nitrogens is 3. The largest absolute Gasteiger partial charge is 0.478 e. The zero-order valence-corrected chi connectivity index (χ0v) is 14.5. The summed E-state index contributed by atoms with van der Waals surface area (Å²) in [6.45, 7) is -0.0774. The van der Waals surface area contributed by atoms with Crippen LogP contribution in [0, 0.1) is 0 Å². The summed E-state index contributed by atoms with van der Waals surface area (Å²) < 4.78 is 29.1. The molecule has 24 heavy (non-hydrogen) atoms. The van der Waals surface area contributed by atoms with Gasteiger partial charge in [-0.3, -0.25) is 4.40 Å². The molecule has 0 bridgehead atoms. The number of halogens is 1. The Morgan fingerprint density at radius 1 is 1.25 bits per heavy atom. The smallest absolute Gasteiger partial charge is 0.336 e. The van der Waals surface area contributed by atoms with Crippen molar-refractivity contribution in [1.29, 1.82) is 0 Å². The second-order valence-corrected chi connectivity index (χ2v) is 7.44. The van der Waals surface area contributed by atoms with Crippen molar-refractivity contribution < 1.29 is 18.3 Å². The predicted molar refractivity (Wildman–Crippen MR) is 88.1 cm³/mol. The van der Waals surface area contributed by atoms with E-state index in [2.05, 4.69) is 30.8 Å². The fourth-order valence-electron chi connectivity index (χ4n) is 2.09. The number of rotatable bonds is 5. The van der Waals surface area contributed by atoms with E-state index in [1.807, 2.05) is 0 Å². The molecule has 0 spiro atoms. The van der Waals surface area contributed by atoms with Crippen molar-refractivity contribution in [2.45, 2.75) is 11.4 Å². The van der Waals surface area contributed by atoms with Gasteiger partial charge in [-0.2, -0.15) is 0 Å². The van der Waals surface area contributed by atoms with Crippen LogP contribution in [0.15, 0.2) is 52.0 Å². The summed E-state index contributed by atoms with van der Waals surface area (Å²) in [4.78, 5) is 11.0. The molecule has 3 aromatic rings. The lowest BCUT2D eigenvalue weighted by atomic mass is 10.2. The topological polar surface area (TPSA) is 114 Å². The SMILES string of the molecule is O=C(O)c1cc(S(=O)(=O)NCc2nnc3ccccn23)ccc1Br. The van der Waals surface area contributed by atoms with E-state index >= 15 is 0 Å². The third-order valence-electron chi connectivity index (χ3n) is 3.28. The van der Waals surface area contributed by atoms with Gasteiger partial charge in [-0.1, -0.05) is 6.07 Å². The summed E-state index contributed by atoms with van der Waals surface area (Å²) in [5.41, 5.74) is 0.467. The van der Waals surface area contributed by atoms with Crippen molar-refractivity contribution in [2.75, 3.05) is 0 Å². The molecule has 0 unspecified atom stereocenters.